The molecule has 1 N–H and O–H groups in total. The topological polar surface area (TPSA) is 77.4 Å². The fraction of sp³-hybridized carbons (Fsp3) is 0.647. The van der Waals surface area contributed by atoms with Crippen LogP contribution in [0.5, 0.6) is 0 Å². The Kier molecular flexibility index (Phi) is 7.20. The van der Waals surface area contributed by atoms with Crippen molar-refractivity contribution in [3.63, 3.8) is 0 Å². The molecular weight excluding hydrogens is 314 g/mol. The second kappa shape index (κ2) is 8.24. The molecule has 1 fully saturated rings. The Labute approximate surface area is 140 Å². The number of hydrogen-bond donors (Lipinski definition) is 1. The maximum absolute atomic E-state index is 10.4. The smallest absolute Gasteiger partial charge is 0.124 e. The Morgan fingerprint density at radius 1 is 1.13 bits per heavy atom. The Bertz CT molecular complexity index is 576. The van der Waals surface area contributed by atoms with Crippen LogP contribution in [0.2, 0.25) is 0 Å². The molecule has 0 aliphatic heterocycles. The minimum absolute atomic E-state index is 0.178. The summed E-state index contributed by atoms with van der Waals surface area (Å²) in [6.45, 7) is 2.20. The van der Waals surface area contributed by atoms with Crippen molar-refractivity contribution in [2.75, 3.05) is 27.7 Å². The number of aliphatic hydroxyl groups excluding tert-OH is 1. The normalized spacial score (nSPS) is 22.2. The van der Waals surface area contributed by atoms with E-state index in [2.05, 4.69) is 21.1 Å². The molecule has 23 heavy (non-hydrogen) atoms. The molecular formula is C17H29NO4S. The van der Waals surface area contributed by atoms with Gasteiger partial charge in [0.05, 0.1) is 38.7 Å². The molecule has 6 heteroatoms. The molecule has 1 aliphatic carbocycles. The SMILES string of the molecule is C[N+](C)(C)[C@@H]1CCCC[C@H]1CO.Cc1ccc(S(=O)(=O)[O-])cc1. The van der Waals surface area contributed by atoms with Crippen molar-refractivity contribution in [1.82, 2.24) is 0 Å². The predicted molar refractivity (Wildman–Crippen MR) is 90.0 cm³/mol. The molecule has 132 valence electrons. The van der Waals surface area contributed by atoms with Crippen molar-refractivity contribution in [2.45, 2.75) is 43.5 Å². The molecule has 0 amide bonds. The van der Waals surface area contributed by atoms with E-state index in [1.165, 1.54) is 37.8 Å². The van der Waals surface area contributed by atoms with Crippen molar-refractivity contribution >= 4 is 10.1 Å². The Morgan fingerprint density at radius 3 is 2.04 bits per heavy atom. The molecule has 1 aromatic rings. The van der Waals surface area contributed by atoms with Gasteiger partial charge < -0.3 is 14.1 Å². The Hall–Kier alpha value is -0.950. The first-order valence-electron chi connectivity index (χ1n) is 8.00. The van der Waals surface area contributed by atoms with E-state index in [0.717, 1.165) is 10.0 Å². The zero-order valence-electron chi connectivity index (χ0n) is 14.5. The van der Waals surface area contributed by atoms with Gasteiger partial charge in [-0.1, -0.05) is 24.1 Å². The van der Waals surface area contributed by atoms with Crippen LogP contribution in [0.4, 0.5) is 0 Å². The number of benzene rings is 1. The number of hydrogen-bond acceptors (Lipinski definition) is 4. The van der Waals surface area contributed by atoms with Crippen LogP contribution in [-0.4, -0.2) is 56.4 Å². The van der Waals surface area contributed by atoms with Gasteiger partial charge in [0.2, 0.25) is 0 Å². The van der Waals surface area contributed by atoms with E-state index in [1.54, 1.807) is 12.1 Å². The van der Waals surface area contributed by atoms with Gasteiger partial charge in [0.25, 0.3) is 0 Å². The van der Waals surface area contributed by atoms with E-state index < -0.39 is 10.1 Å². The van der Waals surface area contributed by atoms with Gasteiger partial charge in [-0.2, -0.15) is 0 Å². The van der Waals surface area contributed by atoms with Gasteiger partial charge in [0.1, 0.15) is 10.1 Å². The molecule has 0 aromatic heterocycles. The number of rotatable bonds is 3. The van der Waals surface area contributed by atoms with Gasteiger partial charge in [0, 0.05) is 5.92 Å². The largest absolute Gasteiger partial charge is 0.744 e. The molecule has 0 bridgehead atoms. The minimum Gasteiger partial charge on any atom is -0.744 e. The lowest BCUT2D eigenvalue weighted by atomic mass is 9.83. The average molecular weight is 343 g/mol. The van der Waals surface area contributed by atoms with Crippen molar-refractivity contribution in [1.29, 1.82) is 0 Å². The monoisotopic (exact) mass is 343 g/mol. The van der Waals surface area contributed by atoms with Crippen LogP contribution in [0.1, 0.15) is 31.2 Å². The Morgan fingerprint density at radius 2 is 1.65 bits per heavy atom. The van der Waals surface area contributed by atoms with Gasteiger partial charge in [0.15, 0.2) is 0 Å². The summed E-state index contributed by atoms with van der Waals surface area (Å²) >= 11 is 0. The van der Waals surface area contributed by atoms with Gasteiger partial charge in [-0.05, 0) is 38.3 Å². The fourth-order valence-electron chi connectivity index (χ4n) is 3.13. The maximum Gasteiger partial charge on any atom is 0.124 e. The lowest BCUT2D eigenvalue weighted by molar-refractivity contribution is -0.901. The highest BCUT2D eigenvalue weighted by molar-refractivity contribution is 7.85. The lowest BCUT2D eigenvalue weighted by Crippen LogP contribution is -2.51. The van der Waals surface area contributed by atoms with E-state index in [-0.39, 0.29) is 4.90 Å². The second-order valence-corrected chi connectivity index (χ2v) is 8.56. The first-order valence-corrected chi connectivity index (χ1v) is 9.41. The van der Waals surface area contributed by atoms with Crippen LogP contribution in [0.15, 0.2) is 29.2 Å². The Balaban J connectivity index is 0.000000231. The molecule has 0 saturated heterocycles. The van der Waals surface area contributed by atoms with Crippen LogP contribution in [0.3, 0.4) is 0 Å². The van der Waals surface area contributed by atoms with Gasteiger partial charge in [-0.15, -0.1) is 0 Å². The zero-order valence-corrected chi connectivity index (χ0v) is 15.3. The van der Waals surface area contributed by atoms with E-state index in [1.807, 2.05) is 6.92 Å². The minimum atomic E-state index is -4.27. The summed E-state index contributed by atoms with van der Waals surface area (Å²) in [5, 5.41) is 9.21. The third-order valence-corrected chi connectivity index (χ3v) is 5.26. The number of quaternary nitrogens is 1. The van der Waals surface area contributed by atoms with Crippen molar-refractivity contribution in [3.8, 4) is 0 Å². The molecule has 2 rings (SSSR count). The first-order chi connectivity index (χ1) is 10.6. The molecule has 0 unspecified atom stereocenters. The van der Waals surface area contributed by atoms with E-state index in [0.29, 0.717) is 18.6 Å². The highest BCUT2D eigenvalue weighted by Gasteiger charge is 2.34. The fourth-order valence-corrected chi connectivity index (χ4v) is 3.60. The van der Waals surface area contributed by atoms with Crippen molar-refractivity contribution in [2.24, 2.45) is 5.92 Å². The summed E-state index contributed by atoms with van der Waals surface area (Å²) in [4.78, 5) is -0.178. The summed E-state index contributed by atoms with van der Waals surface area (Å²) in [6.07, 6.45) is 5.16. The summed E-state index contributed by atoms with van der Waals surface area (Å²) in [5.41, 5.74) is 0.928. The molecule has 1 saturated carbocycles. The lowest BCUT2D eigenvalue weighted by Gasteiger charge is -2.41. The van der Waals surface area contributed by atoms with Crippen LogP contribution in [0.25, 0.3) is 0 Å². The van der Waals surface area contributed by atoms with Crippen molar-refractivity contribution < 1.29 is 22.6 Å². The number of nitrogens with zero attached hydrogens (tertiary/aromatic N) is 1. The summed E-state index contributed by atoms with van der Waals surface area (Å²) in [5.74, 6) is 0.541. The van der Waals surface area contributed by atoms with Gasteiger partial charge in [-0.25, -0.2) is 8.42 Å². The quantitative estimate of drug-likeness (QED) is 0.674. The number of aryl methyl sites for hydroxylation is 1. The molecule has 2 atom stereocenters. The predicted octanol–water partition coefficient (Wildman–Crippen LogP) is 2.14. The molecule has 0 heterocycles. The maximum atomic E-state index is 10.4. The van der Waals surface area contributed by atoms with Gasteiger partial charge >= 0.3 is 0 Å². The summed E-state index contributed by atoms with van der Waals surface area (Å²) in [6, 6.07) is 6.45. The average Bonchev–Trinajstić information content (AvgIpc) is 2.46. The molecule has 1 aromatic carbocycles. The van der Waals surface area contributed by atoms with Crippen molar-refractivity contribution in [3.05, 3.63) is 29.8 Å². The molecule has 0 spiro atoms. The van der Waals surface area contributed by atoms with Crippen LogP contribution in [-0.2, 0) is 10.1 Å². The zero-order chi connectivity index (χ0) is 17.7. The third kappa shape index (κ3) is 6.59. The van der Waals surface area contributed by atoms with Crippen LogP contribution < -0.4 is 0 Å². The summed E-state index contributed by atoms with van der Waals surface area (Å²) in [7, 11) is 2.43. The molecule has 0 radical (unpaired) electrons. The highest BCUT2D eigenvalue weighted by atomic mass is 32.2. The molecule has 1 aliphatic rings. The standard InChI is InChI=1S/C10H22NO.C7H8O3S/c1-11(2,3)10-7-5-4-6-9(10)8-12;1-6-2-4-7(5-3-6)11(8,9)10/h9-10,12H,4-8H2,1-3H3;2-5H,1H3,(H,8,9,10)/q+1;/p-1/t9-,10+;/m0./s1. The number of aliphatic hydroxyl groups is 1. The first kappa shape index (κ1) is 20.1. The summed E-state index contributed by atoms with van der Waals surface area (Å²) < 4.78 is 32.2. The molecule has 5 nitrogen and oxygen atoms in total. The van der Waals surface area contributed by atoms with Crippen LogP contribution in [0, 0.1) is 12.8 Å². The van der Waals surface area contributed by atoms with Crippen LogP contribution >= 0.6 is 0 Å². The van der Waals surface area contributed by atoms with E-state index >= 15 is 0 Å². The van der Waals surface area contributed by atoms with E-state index in [9.17, 15) is 18.1 Å². The second-order valence-electron chi connectivity index (χ2n) is 7.18. The van der Waals surface area contributed by atoms with E-state index in [4.69, 9.17) is 0 Å². The highest BCUT2D eigenvalue weighted by Crippen LogP contribution is 2.29. The third-order valence-electron chi connectivity index (χ3n) is 4.41. The van der Waals surface area contributed by atoms with Gasteiger partial charge in [-0.3, -0.25) is 0 Å².